The van der Waals surface area contributed by atoms with Gasteiger partial charge < -0.3 is 9.84 Å². The van der Waals surface area contributed by atoms with E-state index in [0.29, 0.717) is 12.5 Å². The molecule has 1 aromatic carbocycles. The molecule has 1 unspecified atom stereocenters. The zero-order chi connectivity index (χ0) is 13.4. The second-order valence-electron chi connectivity index (χ2n) is 5.01. The Balaban J connectivity index is 2.31. The Labute approximate surface area is 118 Å². The van der Waals surface area contributed by atoms with Gasteiger partial charge in [-0.3, -0.25) is 0 Å². The van der Waals surface area contributed by atoms with Gasteiger partial charge >= 0.3 is 0 Å². The van der Waals surface area contributed by atoms with E-state index in [0.717, 1.165) is 23.9 Å². The average molecular weight is 315 g/mol. The molecule has 0 aliphatic heterocycles. The van der Waals surface area contributed by atoms with Crippen LogP contribution in [-0.4, -0.2) is 24.9 Å². The lowest BCUT2D eigenvalue weighted by molar-refractivity contribution is 0.110. The topological polar surface area (TPSA) is 29.5 Å². The third-order valence-electron chi connectivity index (χ3n) is 3.01. The van der Waals surface area contributed by atoms with Gasteiger partial charge in [0.05, 0.1) is 6.61 Å². The van der Waals surface area contributed by atoms with Crippen LogP contribution in [0.15, 0.2) is 28.7 Å². The Bertz CT molecular complexity index is 322. The zero-order valence-electron chi connectivity index (χ0n) is 11.2. The summed E-state index contributed by atoms with van der Waals surface area (Å²) in [4.78, 5) is 0. The molecule has 0 spiro atoms. The molecule has 0 aliphatic carbocycles. The quantitative estimate of drug-likeness (QED) is 0.735. The molecule has 0 aromatic heterocycles. The van der Waals surface area contributed by atoms with E-state index in [4.69, 9.17) is 4.74 Å². The van der Waals surface area contributed by atoms with Crippen LogP contribution in [0.4, 0.5) is 0 Å². The maximum Gasteiger partial charge on any atom is 0.0500 e. The number of hydrogen-bond acceptors (Lipinski definition) is 2. The first-order chi connectivity index (χ1) is 8.63. The largest absolute Gasteiger partial charge is 0.396 e. The van der Waals surface area contributed by atoms with Gasteiger partial charge in [0.2, 0.25) is 0 Å². The third-order valence-corrected chi connectivity index (χ3v) is 3.54. The summed E-state index contributed by atoms with van der Waals surface area (Å²) in [5, 5.41) is 9.43. The monoisotopic (exact) mass is 314 g/mol. The summed E-state index contributed by atoms with van der Waals surface area (Å²) in [7, 11) is 0. The molecule has 2 nitrogen and oxygen atoms in total. The van der Waals surface area contributed by atoms with Crippen molar-refractivity contribution in [3.8, 4) is 0 Å². The standard InChI is InChI=1S/C15H23BrO2/c1-12(2)7-9-18-10-8-14(11-17)13-3-5-15(16)6-4-13/h3-6,12,14,17H,7-11H2,1-2H3. The summed E-state index contributed by atoms with van der Waals surface area (Å²) in [6, 6.07) is 8.13. The van der Waals surface area contributed by atoms with Gasteiger partial charge in [-0.15, -0.1) is 0 Å². The van der Waals surface area contributed by atoms with Gasteiger partial charge in [-0.05, 0) is 36.5 Å². The molecular weight excluding hydrogens is 292 g/mol. The molecule has 0 saturated carbocycles. The van der Waals surface area contributed by atoms with Crippen LogP contribution in [0.1, 0.15) is 38.2 Å². The molecule has 0 aliphatic rings. The molecule has 0 bridgehead atoms. The Morgan fingerprint density at radius 2 is 1.72 bits per heavy atom. The number of hydrogen-bond donors (Lipinski definition) is 1. The molecule has 1 aromatic rings. The van der Waals surface area contributed by atoms with Crippen molar-refractivity contribution in [2.45, 2.75) is 32.6 Å². The second-order valence-corrected chi connectivity index (χ2v) is 5.93. The summed E-state index contributed by atoms with van der Waals surface area (Å²) in [6.45, 7) is 6.10. The van der Waals surface area contributed by atoms with E-state index in [1.807, 2.05) is 12.1 Å². The lowest BCUT2D eigenvalue weighted by Gasteiger charge is -2.15. The summed E-state index contributed by atoms with van der Waals surface area (Å²) >= 11 is 3.42. The first-order valence-corrected chi connectivity index (χ1v) is 7.37. The lowest BCUT2D eigenvalue weighted by atomic mass is 9.97. The van der Waals surface area contributed by atoms with Crippen LogP contribution in [0.5, 0.6) is 0 Å². The van der Waals surface area contributed by atoms with E-state index in [1.165, 1.54) is 5.56 Å². The minimum absolute atomic E-state index is 0.176. The molecule has 1 N–H and O–H groups in total. The van der Waals surface area contributed by atoms with Crippen molar-refractivity contribution in [2.75, 3.05) is 19.8 Å². The Hall–Kier alpha value is -0.380. The average Bonchev–Trinajstić information content (AvgIpc) is 2.35. The molecule has 0 saturated heterocycles. The van der Waals surface area contributed by atoms with E-state index >= 15 is 0 Å². The highest BCUT2D eigenvalue weighted by Gasteiger charge is 2.10. The first kappa shape index (κ1) is 15.7. The normalized spacial score (nSPS) is 12.9. The van der Waals surface area contributed by atoms with E-state index in [1.54, 1.807) is 0 Å². The van der Waals surface area contributed by atoms with Crippen LogP contribution in [-0.2, 0) is 4.74 Å². The van der Waals surface area contributed by atoms with Crippen LogP contribution in [0.25, 0.3) is 0 Å². The summed E-state index contributed by atoms with van der Waals surface area (Å²) < 4.78 is 6.67. The van der Waals surface area contributed by atoms with Crippen molar-refractivity contribution in [3.05, 3.63) is 34.3 Å². The number of ether oxygens (including phenoxy) is 1. The van der Waals surface area contributed by atoms with Crippen LogP contribution in [0.2, 0.25) is 0 Å². The van der Waals surface area contributed by atoms with Gasteiger partial charge in [0.25, 0.3) is 0 Å². The van der Waals surface area contributed by atoms with Crippen LogP contribution in [0.3, 0.4) is 0 Å². The maximum atomic E-state index is 9.43. The van der Waals surface area contributed by atoms with Gasteiger partial charge in [0.15, 0.2) is 0 Å². The Morgan fingerprint density at radius 3 is 2.28 bits per heavy atom. The predicted octanol–water partition coefficient (Wildman–Crippen LogP) is 3.98. The van der Waals surface area contributed by atoms with E-state index < -0.39 is 0 Å². The van der Waals surface area contributed by atoms with Gasteiger partial charge in [-0.1, -0.05) is 41.9 Å². The number of halogens is 1. The highest BCUT2D eigenvalue weighted by atomic mass is 79.9. The smallest absolute Gasteiger partial charge is 0.0500 e. The molecule has 1 atom stereocenters. The first-order valence-electron chi connectivity index (χ1n) is 6.57. The van der Waals surface area contributed by atoms with Crippen LogP contribution < -0.4 is 0 Å². The van der Waals surface area contributed by atoms with Crippen molar-refractivity contribution >= 4 is 15.9 Å². The van der Waals surface area contributed by atoms with Gasteiger partial charge in [0.1, 0.15) is 0 Å². The highest BCUT2D eigenvalue weighted by Crippen LogP contribution is 2.21. The summed E-state index contributed by atoms with van der Waals surface area (Å²) in [5.41, 5.74) is 1.17. The molecule has 1 rings (SSSR count). The molecule has 3 heteroatoms. The molecule has 0 amide bonds. The Kier molecular flexibility index (Phi) is 7.56. The number of rotatable bonds is 8. The van der Waals surface area contributed by atoms with E-state index in [9.17, 15) is 5.11 Å². The van der Waals surface area contributed by atoms with Crippen molar-refractivity contribution in [1.82, 2.24) is 0 Å². The highest BCUT2D eigenvalue weighted by molar-refractivity contribution is 9.10. The minimum atomic E-state index is 0.176. The number of benzene rings is 1. The van der Waals surface area contributed by atoms with E-state index in [-0.39, 0.29) is 12.5 Å². The fourth-order valence-electron chi connectivity index (χ4n) is 1.74. The number of aliphatic hydroxyl groups excluding tert-OH is 1. The molecule has 0 heterocycles. The number of aliphatic hydroxyl groups is 1. The van der Waals surface area contributed by atoms with Crippen molar-refractivity contribution in [1.29, 1.82) is 0 Å². The second kappa shape index (κ2) is 8.68. The fraction of sp³-hybridized carbons (Fsp3) is 0.600. The summed E-state index contributed by atoms with van der Waals surface area (Å²) in [5.74, 6) is 0.863. The maximum absolute atomic E-state index is 9.43. The van der Waals surface area contributed by atoms with Crippen molar-refractivity contribution < 1.29 is 9.84 Å². The molecule has 0 fully saturated rings. The predicted molar refractivity (Wildman–Crippen MR) is 78.9 cm³/mol. The van der Waals surface area contributed by atoms with Gasteiger partial charge in [0, 0.05) is 23.6 Å². The van der Waals surface area contributed by atoms with Crippen LogP contribution in [0, 0.1) is 5.92 Å². The SMILES string of the molecule is CC(C)CCOCCC(CO)c1ccc(Br)cc1. The molecule has 18 heavy (non-hydrogen) atoms. The molecule has 0 radical (unpaired) electrons. The molecule has 102 valence electrons. The zero-order valence-corrected chi connectivity index (χ0v) is 12.8. The van der Waals surface area contributed by atoms with E-state index in [2.05, 4.69) is 41.9 Å². The fourth-order valence-corrected chi connectivity index (χ4v) is 2.01. The Morgan fingerprint density at radius 1 is 1.11 bits per heavy atom. The van der Waals surface area contributed by atoms with Gasteiger partial charge in [-0.25, -0.2) is 0 Å². The summed E-state index contributed by atoms with van der Waals surface area (Å²) in [6.07, 6.45) is 1.97. The van der Waals surface area contributed by atoms with Gasteiger partial charge in [-0.2, -0.15) is 0 Å². The minimum Gasteiger partial charge on any atom is -0.396 e. The molecular formula is C15H23BrO2. The van der Waals surface area contributed by atoms with Crippen molar-refractivity contribution in [2.24, 2.45) is 5.92 Å². The van der Waals surface area contributed by atoms with Crippen LogP contribution >= 0.6 is 15.9 Å². The third kappa shape index (κ3) is 5.98. The van der Waals surface area contributed by atoms with Crippen molar-refractivity contribution in [3.63, 3.8) is 0 Å². The lowest BCUT2D eigenvalue weighted by Crippen LogP contribution is -2.09.